The van der Waals surface area contributed by atoms with Crippen molar-refractivity contribution in [2.75, 3.05) is 37.8 Å². The molecule has 0 aromatic heterocycles. The summed E-state index contributed by atoms with van der Waals surface area (Å²) in [4.78, 5) is 29.7. The third-order valence-electron chi connectivity index (χ3n) is 5.08. The topological polar surface area (TPSA) is 65.5 Å². The Hall–Kier alpha value is -2.41. The fourth-order valence-electron chi connectivity index (χ4n) is 3.53. The van der Waals surface area contributed by atoms with Gasteiger partial charge >= 0.3 is 5.97 Å². The molecule has 2 aliphatic rings. The third-order valence-corrected chi connectivity index (χ3v) is 5.08. The van der Waals surface area contributed by atoms with Gasteiger partial charge in [0.15, 0.2) is 0 Å². The molecule has 7 nitrogen and oxygen atoms in total. The van der Waals surface area contributed by atoms with Crippen LogP contribution in [-0.2, 0) is 14.3 Å². The first kappa shape index (κ1) is 19.4. The van der Waals surface area contributed by atoms with Gasteiger partial charge in [-0.1, -0.05) is 18.2 Å². The van der Waals surface area contributed by atoms with Crippen molar-refractivity contribution in [1.82, 2.24) is 9.80 Å². The van der Waals surface area contributed by atoms with Gasteiger partial charge in [0.2, 0.25) is 5.91 Å². The van der Waals surface area contributed by atoms with Crippen LogP contribution in [-0.4, -0.2) is 72.3 Å². The highest BCUT2D eigenvalue weighted by atomic mass is 16.5. The van der Waals surface area contributed by atoms with Crippen LogP contribution in [0.25, 0.3) is 0 Å². The molecular weight excluding hydrogens is 344 g/mol. The number of carbonyl (C=O) groups is 2. The van der Waals surface area contributed by atoms with Crippen LogP contribution >= 0.6 is 0 Å². The lowest BCUT2D eigenvalue weighted by Crippen LogP contribution is -2.54. The van der Waals surface area contributed by atoms with Crippen LogP contribution in [0.1, 0.15) is 27.2 Å². The lowest BCUT2D eigenvalue weighted by molar-refractivity contribution is -0.135. The van der Waals surface area contributed by atoms with Gasteiger partial charge in [-0.15, -0.1) is 0 Å². The minimum absolute atomic E-state index is 0.0188. The minimum Gasteiger partial charge on any atom is -0.461 e. The fourth-order valence-corrected chi connectivity index (χ4v) is 3.53. The second-order valence-electron chi connectivity index (χ2n) is 7.12. The summed E-state index contributed by atoms with van der Waals surface area (Å²) in [5.41, 5.74) is 1.11. The van der Waals surface area contributed by atoms with Crippen LogP contribution in [0.5, 0.6) is 0 Å². The number of hydrogen-bond acceptors (Lipinski definition) is 6. The zero-order valence-electron chi connectivity index (χ0n) is 16.3. The molecule has 2 aliphatic heterocycles. The monoisotopic (exact) mass is 372 g/mol. The Kier molecular flexibility index (Phi) is 6.11. The lowest BCUT2D eigenvalue weighted by Gasteiger charge is -2.38. The summed E-state index contributed by atoms with van der Waals surface area (Å²) in [6.07, 6.45) is 0.275. The molecule has 1 aromatic carbocycles. The Morgan fingerprint density at radius 3 is 2.41 bits per heavy atom. The van der Waals surface area contributed by atoms with E-state index < -0.39 is 12.0 Å². The molecular formula is C20H28N4O3. The van der Waals surface area contributed by atoms with Crippen molar-refractivity contribution < 1.29 is 14.3 Å². The van der Waals surface area contributed by atoms with E-state index in [0.29, 0.717) is 31.4 Å². The van der Waals surface area contributed by atoms with E-state index in [-0.39, 0.29) is 12.3 Å². The van der Waals surface area contributed by atoms with Gasteiger partial charge in [0.05, 0.1) is 12.3 Å². The largest absolute Gasteiger partial charge is 0.461 e. The van der Waals surface area contributed by atoms with Crippen molar-refractivity contribution in [2.24, 2.45) is 5.10 Å². The third kappa shape index (κ3) is 4.30. The normalized spacial score (nSPS) is 20.7. The number of carbonyl (C=O) groups excluding carboxylic acids is 2. The Morgan fingerprint density at radius 2 is 1.81 bits per heavy atom. The lowest BCUT2D eigenvalue weighted by atomic mass is 10.1. The molecule has 146 valence electrons. The summed E-state index contributed by atoms with van der Waals surface area (Å²) < 4.78 is 5.10. The second-order valence-corrected chi connectivity index (χ2v) is 7.12. The summed E-state index contributed by atoms with van der Waals surface area (Å²) in [7, 11) is 0. The van der Waals surface area contributed by atoms with Crippen LogP contribution in [0.3, 0.4) is 0 Å². The van der Waals surface area contributed by atoms with Crippen LogP contribution < -0.4 is 5.01 Å². The standard InChI is InChI=1S/C20H28N4O3/c1-4-27-20(26)17-14-18(24(21-17)16-8-6-5-7-9-16)19(25)23-12-10-22(11-13-23)15(2)3/h5-9,15,18H,4,10-14H2,1-3H3. The molecule has 1 atom stereocenters. The molecule has 0 radical (unpaired) electrons. The van der Waals surface area contributed by atoms with E-state index in [9.17, 15) is 9.59 Å². The minimum atomic E-state index is -0.502. The number of amides is 1. The van der Waals surface area contributed by atoms with Gasteiger partial charge in [-0.25, -0.2) is 4.79 Å². The van der Waals surface area contributed by atoms with Crippen LogP contribution in [0.4, 0.5) is 5.69 Å². The molecule has 3 rings (SSSR count). The Bertz CT molecular complexity index is 696. The average molecular weight is 372 g/mol. The predicted molar refractivity (Wildman–Crippen MR) is 105 cm³/mol. The molecule has 0 saturated carbocycles. The maximum Gasteiger partial charge on any atom is 0.354 e. The van der Waals surface area contributed by atoms with E-state index in [4.69, 9.17) is 4.74 Å². The van der Waals surface area contributed by atoms with Gasteiger partial charge < -0.3 is 9.64 Å². The van der Waals surface area contributed by atoms with E-state index in [2.05, 4.69) is 23.8 Å². The smallest absolute Gasteiger partial charge is 0.354 e. The van der Waals surface area contributed by atoms with Crippen molar-refractivity contribution in [2.45, 2.75) is 39.3 Å². The van der Waals surface area contributed by atoms with Gasteiger partial charge in [-0.3, -0.25) is 14.7 Å². The van der Waals surface area contributed by atoms with Crippen molar-refractivity contribution in [3.63, 3.8) is 0 Å². The number of benzene rings is 1. The Labute approximate surface area is 160 Å². The first-order valence-corrected chi connectivity index (χ1v) is 9.63. The highest BCUT2D eigenvalue weighted by molar-refractivity contribution is 6.38. The van der Waals surface area contributed by atoms with Crippen LogP contribution in [0.2, 0.25) is 0 Å². The summed E-state index contributed by atoms with van der Waals surface area (Å²) in [6, 6.07) is 9.48. The molecule has 1 fully saturated rings. The number of hydrogen-bond donors (Lipinski definition) is 0. The van der Waals surface area contributed by atoms with E-state index >= 15 is 0 Å². The van der Waals surface area contributed by atoms with Gasteiger partial charge in [-0.05, 0) is 32.9 Å². The van der Waals surface area contributed by atoms with E-state index in [1.807, 2.05) is 35.2 Å². The maximum absolute atomic E-state index is 13.2. The number of esters is 1. The fraction of sp³-hybridized carbons (Fsp3) is 0.550. The number of nitrogens with zero attached hydrogens (tertiary/aromatic N) is 4. The SMILES string of the molecule is CCOC(=O)C1=NN(c2ccccc2)C(C(=O)N2CCN(C(C)C)CC2)C1. The maximum atomic E-state index is 13.2. The summed E-state index contributed by atoms with van der Waals surface area (Å²) >= 11 is 0. The molecule has 2 heterocycles. The first-order valence-electron chi connectivity index (χ1n) is 9.63. The molecule has 1 amide bonds. The zero-order chi connectivity index (χ0) is 19.4. The molecule has 1 aromatic rings. The number of ether oxygens (including phenoxy) is 1. The Morgan fingerprint density at radius 1 is 1.15 bits per heavy atom. The number of anilines is 1. The molecule has 0 bridgehead atoms. The Balaban J connectivity index is 1.76. The van der Waals surface area contributed by atoms with Gasteiger partial charge in [-0.2, -0.15) is 5.10 Å². The number of hydrazone groups is 1. The highest BCUT2D eigenvalue weighted by Gasteiger charge is 2.39. The molecule has 0 aliphatic carbocycles. The quantitative estimate of drug-likeness (QED) is 0.737. The molecule has 27 heavy (non-hydrogen) atoms. The van der Waals surface area contributed by atoms with E-state index in [1.165, 1.54) is 0 Å². The van der Waals surface area contributed by atoms with Gasteiger partial charge in [0.25, 0.3) is 0 Å². The summed E-state index contributed by atoms with van der Waals surface area (Å²) in [5, 5.41) is 6.10. The summed E-state index contributed by atoms with van der Waals surface area (Å²) in [5.74, 6) is -0.427. The van der Waals surface area contributed by atoms with Crippen molar-refractivity contribution in [3.05, 3.63) is 30.3 Å². The zero-order valence-corrected chi connectivity index (χ0v) is 16.3. The predicted octanol–water partition coefficient (Wildman–Crippen LogP) is 1.74. The van der Waals surface area contributed by atoms with Crippen LogP contribution in [0, 0.1) is 0 Å². The molecule has 0 N–H and O–H groups in total. The van der Waals surface area contributed by atoms with Crippen molar-refractivity contribution >= 4 is 23.3 Å². The number of piperazine rings is 1. The number of para-hydroxylation sites is 1. The molecule has 1 unspecified atom stereocenters. The van der Waals surface area contributed by atoms with Crippen LogP contribution in [0.15, 0.2) is 35.4 Å². The summed E-state index contributed by atoms with van der Waals surface area (Å²) in [6.45, 7) is 9.53. The molecule has 0 spiro atoms. The van der Waals surface area contributed by atoms with E-state index in [1.54, 1.807) is 11.9 Å². The van der Waals surface area contributed by atoms with Crippen molar-refractivity contribution in [3.8, 4) is 0 Å². The highest BCUT2D eigenvalue weighted by Crippen LogP contribution is 2.26. The van der Waals surface area contributed by atoms with Gasteiger partial charge in [0, 0.05) is 38.6 Å². The molecule has 1 saturated heterocycles. The molecule has 7 heteroatoms. The first-order chi connectivity index (χ1) is 13.0. The van der Waals surface area contributed by atoms with Crippen molar-refractivity contribution in [1.29, 1.82) is 0 Å². The van der Waals surface area contributed by atoms with E-state index in [0.717, 1.165) is 18.8 Å². The second kappa shape index (κ2) is 8.52. The van der Waals surface area contributed by atoms with Gasteiger partial charge in [0.1, 0.15) is 11.8 Å². The average Bonchev–Trinajstić information content (AvgIpc) is 3.14. The number of rotatable bonds is 5.